The quantitative estimate of drug-likeness (QED) is 0.490. The van der Waals surface area contributed by atoms with E-state index in [9.17, 15) is 10.1 Å². The van der Waals surface area contributed by atoms with Crippen LogP contribution in [0.15, 0.2) is 12.1 Å². The van der Waals surface area contributed by atoms with Gasteiger partial charge in [-0.05, 0) is 6.07 Å². The van der Waals surface area contributed by atoms with Crippen LogP contribution in [0.5, 0.6) is 0 Å². The van der Waals surface area contributed by atoms with E-state index in [4.69, 9.17) is 35.0 Å². The Morgan fingerprint density at radius 3 is 2.31 bits per heavy atom. The molecule has 0 spiro atoms. The number of nitrogens with zero attached hydrogens (tertiary/aromatic N) is 1. The van der Waals surface area contributed by atoms with E-state index in [1.165, 1.54) is 6.07 Å². The van der Waals surface area contributed by atoms with Crippen molar-refractivity contribution in [3.05, 3.63) is 32.3 Å². The average molecular weight is 241 g/mol. The van der Waals surface area contributed by atoms with Crippen LogP contribution in [-0.4, -0.2) is 4.92 Å². The average Bonchev–Trinajstić information content (AvgIpc) is 2.08. The lowest BCUT2D eigenvalue weighted by molar-refractivity contribution is -0.383. The van der Waals surface area contributed by atoms with Crippen LogP contribution in [0.4, 0.5) is 11.4 Å². The second-order valence-corrected chi connectivity index (χ2v) is 3.14. The highest BCUT2D eigenvalue weighted by atomic mass is 35.5. The first-order chi connectivity index (χ1) is 6.06. The van der Waals surface area contributed by atoms with Gasteiger partial charge in [-0.2, -0.15) is 0 Å². The number of benzene rings is 1. The van der Waals surface area contributed by atoms with Gasteiger partial charge in [0.1, 0.15) is 5.69 Å². The molecule has 0 aliphatic rings. The number of hydrogen-bond donors (Lipinski definition) is 1. The summed E-state index contributed by atoms with van der Waals surface area (Å²) in [6.07, 6.45) is 0. The lowest BCUT2D eigenvalue weighted by atomic mass is 10.3. The predicted octanol–water partition coefficient (Wildman–Crippen LogP) is 3.47. The van der Waals surface area contributed by atoms with Crippen molar-refractivity contribution in [2.45, 2.75) is 0 Å². The molecule has 0 amide bonds. The van der Waals surface area contributed by atoms with Crippen LogP contribution in [0, 0.1) is 10.1 Å². The Labute approximate surface area is 88.7 Å². The number of halogens is 3. The molecule has 1 N–H and O–H groups in total. The molecule has 0 atom stereocenters. The largest absolute Gasteiger partial charge is 0.295 e. The number of nitro benzene ring substituents is 1. The van der Waals surface area contributed by atoms with Crippen LogP contribution in [0.3, 0.4) is 0 Å². The fourth-order valence-corrected chi connectivity index (χ4v) is 1.24. The van der Waals surface area contributed by atoms with Crippen molar-refractivity contribution < 1.29 is 4.92 Å². The van der Waals surface area contributed by atoms with Gasteiger partial charge in [0.05, 0.1) is 15.0 Å². The van der Waals surface area contributed by atoms with Crippen LogP contribution in [0.25, 0.3) is 0 Å². The summed E-state index contributed by atoms with van der Waals surface area (Å²) in [7, 11) is 0. The Balaban J connectivity index is 3.33. The molecule has 0 radical (unpaired) electrons. The van der Waals surface area contributed by atoms with Gasteiger partial charge in [0, 0.05) is 17.8 Å². The SMILES string of the molecule is O=[N+]([O-])c1cc(Cl)c(Cl)cc1NCl. The fourth-order valence-electron chi connectivity index (χ4n) is 0.763. The van der Waals surface area contributed by atoms with E-state index in [0.717, 1.165) is 6.07 Å². The normalized spacial score (nSPS) is 9.77. The molecular weight excluding hydrogens is 238 g/mol. The summed E-state index contributed by atoms with van der Waals surface area (Å²) in [5, 5.41) is 10.8. The molecule has 0 unspecified atom stereocenters. The molecule has 1 aromatic carbocycles. The first-order valence-corrected chi connectivity index (χ1v) is 4.19. The summed E-state index contributed by atoms with van der Waals surface area (Å²) in [6, 6.07) is 2.42. The molecule has 0 aromatic heterocycles. The summed E-state index contributed by atoms with van der Waals surface area (Å²) in [4.78, 5) is 12.0. The third-order valence-corrected chi connectivity index (χ3v) is 2.26. The van der Waals surface area contributed by atoms with E-state index in [2.05, 4.69) is 4.84 Å². The molecular formula is C6H3Cl3N2O2. The van der Waals surface area contributed by atoms with Gasteiger partial charge in [-0.1, -0.05) is 23.2 Å². The Hall–Kier alpha value is -0.710. The molecule has 0 aliphatic heterocycles. The second kappa shape index (κ2) is 4.00. The van der Waals surface area contributed by atoms with Crippen molar-refractivity contribution in [1.29, 1.82) is 0 Å². The highest BCUT2D eigenvalue weighted by molar-refractivity contribution is 6.42. The maximum absolute atomic E-state index is 10.4. The lowest BCUT2D eigenvalue weighted by Gasteiger charge is -2.01. The molecule has 7 heteroatoms. The molecule has 0 aliphatic carbocycles. The zero-order valence-corrected chi connectivity index (χ0v) is 8.32. The third-order valence-electron chi connectivity index (χ3n) is 1.34. The topological polar surface area (TPSA) is 55.2 Å². The molecule has 1 rings (SSSR count). The smallest absolute Gasteiger partial charge is 0.292 e. The maximum Gasteiger partial charge on any atom is 0.295 e. The highest BCUT2D eigenvalue weighted by Gasteiger charge is 2.15. The van der Waals surface area contributed by atoms with E-state index in [-0.39, 0.29) is 21.4 Å². The maximum atomic E-state index is 10.4. The molecule has 0 fully saturated rings. The van der Waals surface area contributed by atoms with Gasteiger partial charge in [0.15, 0.2) is 0 Å². The monoisotopic (exact) mass is 240 g/mol. The van der Waals surface area contributed by atoms with Gasteiger partial charge in [-0.25, -0.2) is 0 Å². The minimum absolute atomic E-state index is 0.112. The van der Waals surface area contributed by atoms with Gasteiger partial charge in [0.2, 0.25) is 0 Å². The fraction of sp³-hybridized carbons (Fsp3) is 0. The van der Waals surface area contributed by atoms with Gasteiger partial charge in [0.25, 0.3) is 5.69 Å². The summed E-state index contributed by atoms with van der Waals surface area (Å²) in [5.41, 5.74) is -0.106. The van der Waals surface area contributed by atoms with Crippen LogP contribution in [-0.2, 0) is 0 Å². The van der Waals surface area contributed by atoms with Gasteiger partial charge in [-0.3, -0.25) is 15.0 Å². The molecule has 0 heterocycles. The van der Waals surface area contributed by atoms with Gasteiger partial charge in [-0.15, -0.1) is 0 Å². The molecule has 4 nitrogen and oxygen atoms in total. The number of nitro groups is 1. The third kappa shape index (κ3) is 2.15. The van der Waals surface area contributed by atoms with Gasteiger partial charge >= 0.3 is 0 Å². The van der Waals surface area contributed by atoms with E-state index in [1.807, 2.05) is 0 Å². The van der Waals surface area contributed by atoms with Crippen LogP contribution in [0.2, 0.25) is 10.0 Å². The van der Waals surface area contributed by atoms with E-state index in [1.54, 1.807) is 0 Å². The van der Waals surface area contributed by atoms with E-state index >= 15 is 0 Å². The van der Waals surface area contributed by atoms with Gasteiger partial charge < -0.3 is 0 Å². The van der Waals surface area contributed by atoms with Crippen LogP contribution < -0.4 is 4.84 Å². The Morgan fingerprint density at radius 1 is 1.31 bits per heavy atom. The second-order valence-electron chi connectivity index (χ2n) is 2.14. The number of rotatable bonds is 2. The lowest BCUT2D eigenvalue weighted by Crippen LogP contribution is -1.93. The van der Waals surface area contributed by atoms with Crippen molar-refractivity contribution in [3.8, 4) is 0 Å². The summed E-state index contributed by atoms with van der Waals surface area (Å²) < 4.78 is 0. The predicted molar refractivity (Wildman–Crippen MR) is 52.6 cm³/mol. The van der Waals surface area contributed by atoms with Crippen molar-refractivity contribution >= 4 is 46.4 Å². The number of hydrogen-bond acceptors (Lipinski definition) is 3. The summed E-state index contributed by atoms with van der Waals surface area (Å²) in [5.74, 6) is 0. The van der Waals surface area contributed by atoms with Crippen molar-refractivity contribution in [1.82, 2.24) is 0 Å². The van der Waals surface area contributed by atoms with Crippen molar-refractivity contribution in [3.63, 3.8) is 0 Å². The first-order valence-electron chi connectivity index (χ1n) is 3.06. The number of nitrogens with one attached hydrogen (secondary N) is 1. The molecule has 0 saturated carbocycles. The minimum atomic E-state index is -0.604. The Bertz CT molecular complexity index is 356. The van der Waals surface area contributed by atoms with Crippen molar-refractivity contribution in [2.24, 2.45) is 0 Å². The van der Waals surface area contributed by atoms with E-state index < -0.39 is 4.92 Å². The molecule has 70 valence electrons. The highest BCUT2D eigenvalue weighted by Crippen LogP contribution is 2.34. The Morgan fingerprint density at radius 2 is 1.85 bits per heavy atom. The standard InChI is InChI=1S/C6H3Cl3N2O2/c7-3-1-5(10-9)6(11(12)13)2-4(3)8/h1-2,10H. The molecule has 0 saturated heterocycles. The first kappa shape index (κ1) is 10.4. The van der Waals surface area contributed by atoms with Crippen LogP contribution >= 0.6 is 35.0 Å². The van der Waals surface area contributed by atoms with Crippen molar-refractivity contribution in [2.75, 3.05) is 4.84 Å². The molecule has 1 aromatic rings. The zero-order chi connectivity index (χ0) is 10.0. The molecule has 0 bridgehead atoms. The minimum Gasteiger partial charge on any atom is -0.292 e. The zero-order valence-electron chi connectivity index (χ0n) is 6.05. The number of anilines is 1. The summed E-state index contributed by atoms with van der Waals surface area (Å²) in [6.45, 7) is 0. The van der Waals surface area contributed by atoms with E-state index in [0.29, 0.717) is 0 Å². The molecule has 13 heavy (non-hydrogen) atoms. The Kier molecular flexibility index (Phi) is 3.19. The van der Waals surface area contributed by atoms with Crippen LogP contribution in [0.1, 0.15) is 0 Å². The summed E-state index contributed by atoms with van der Waals surface area (Å²) >= 11 is 16.4.